The summed E-state index contributed by atoms with van der Waals surface area (Å²) in [6, 6.07) is 0. The summed E-state index contributed by atoms with van der Waals surface area (Å²) in [5.41, 5.74) is 0. The second kappa shape index (κ2) is 3.23. The predicted octanol–water partition coefficient (Wildman–Crippen LogP) is 0.433. The zero-order chi connectivity index (χ0) is 7.56. The topological polar surface area (TPSA) is 29.1 Å². The van der Waals surface area contributed by atoms with Gasteiger partial charge in [0.15, 0.2) is 0 Å². The number of carbonyl (C=O) groups excluding carboxylic acids is 1. The Morgan fingerprint density at radius 1 is 1.90 bits per heavy atom. The summed E-state index contributed by atoms with van der Waals surface area (Å²) in [7, 11) is 0. The zero-order valence-corrected chi connectivity index (χ0v) is 6.58. The normalized spacial score (nSPS) is 32.4. The summed E-state index contributed by atoms with van der Waals surface area (Å²) < 4.78 is 12.1. The quantitative estimate of drug-likeness (QED) is 0.639. The van der Waals surface area contributed by atoms with Crippen LogP contribution in [0.15, 0.2) is 0 Å². The Morgan fingerprint density at radius 2 is 2.60 bits per heavy atom. The molecule has 1 amide bonds. The highest BCUT2D eigenvalue weighted by Crippen LogP contribution is 2.21. The average molecular weight is 163 g/mol. The third-order valence-corrected chi connectivity index (χ3v) is 2.83. The van der Waals surface area contributed by atoms with Gasteiger partial charge in [-0.25, -0.2) is 0 Å². The van der Waals surface area contributed by atoms with Crippen LogP contribution in [-0.2, 0) is 4.79 Å². The van der Waals surface area contributed by atoms with Crippen LogP contribution in [0.5, 0.6) is 0 Å². The van der Waals surface area contributed by atoms with Gasteiger partial charge in [0.25, 0.3) is 0 Å². The molecular formula is C6H10FNOS. The molecule has 2 atom stereocenters. The summed E-state index contributed by atoms with van der Waals surface area (Å²) >= 11 is 1.55. The van der Waals surface area contributed by atoms with Gasteiger partial charge in [0.2, 0.25) is 5.91 Å². The second-order valence-corrected chi connectivity index (χ2v) is 3.36. The third-order valence-electron chi connectivity index (χ3n) is 1.73. The van der Waals surface area contributed by atoms with Crippen molar-refractivity contribution in [3.8, 4) is 0 Å². The Hall–Kier alpha value is -0.250. The standard InChI is InChI=1S/C6H10FNOS/c1-10-5-3-8-6(9)4(5)2-7/h4-5H,2-3H2,1H3,(H,8,9). The lowest BCUT2D eigenvalue weighted by Gasteiger charge is -2.08. The molecule has 0 aromatic heterocycles. The van der Waals surface area contributed by atoms with E-state index in [4.69, 9.17) is 0 Å². The molecule has 0 bridgehead atoms. The van der Waals surface area contributed by atoms with Crippen molar-refractivity contribution in [1.82, 2.24) is 5.32 Å². The second-order valence-electron chi connectivity index (χ2n) is 2.28. The molecular weight excluding hydrogens is 153 g/mol. The van der Waals surface area contributed by atoms with E-state index in [1.54, 1.807) is 11.8 Å². The van der Waals surface area contributed by atoms with Crippen molar-refractivity contribution in [1.29, 1.82) is 0 Å². The first-order valence-electron chi connectivity index (χ1n) is 3.16. The Balaban J connectivity index is 2.54. The first-order valence-corrected chi connectivity index (χ1v) is 4.45. The number of carbonyl (C=O) groups is 1. The molecule has 1 aliphatic rings. The highest BCUT2D eigenvalue weighted by Gasteiger charge is 2.33. The molecule has 0 aliphatic carbocycles. The third kappa shape index (κ3) is 1.26. The molecule has 0 aromatic carbocycles. The monoisotopic (exact) mass is 163 g/mol. The minimum Gasteiger partial charge on any atom is -0.355 e. The van der Waals surface area contributed by atoms with Crippen LogP contribution in [0.2, 0.25) is 0 Å². The van der Waals surface area contributed by atoms with E-state index < -0.39 is 12.6 Å². The first kappa shape index (κ1) is 7.85. The van der Waals surface area contributed by atoms with Crippen LogP contribution in [0.1, 0.15) is 0 Å². The Bertz CT molecular complexity index is 142. The molecule has 1 saturated heterocycles. The highest BCUT2D eigenvalue weighted by atomic mass is 32.2. The van der Waals surface area contributed by atoms with Crippen molar-refractivity contribution < 1.29 is 9.18 Å². The van der Waals surface area contributed by atoms with E-state index in [1.807, 2.05) is 6.26 Å². The first-order chi connectivity index (χ1) is 4.79. The molecule has 1 aliphatic heterocycles. The van der Waals surface area contributed by atoms with Crippen LogP contribution < -0.4 is 5.32 Å². The number of nitrogens with one attached hydrogen (secondary N) is 1. The van der Waals surface area contributed by atoms with E-state index in [0.29, 0.717) is 6.54 Å². The smallest absolute Gasteiger partial charge is 0.226 e. The van der Waals surface area contributed by atoms with Crippen molar-refractivity contribution in [3.63, 3.8) is 0 Å². The van der Waals surface area contributed by atoms with Crippen molar-refractivity contribution >= 4 is 17.7 Å². The van der Waals surface area contributed by atoms with Crippen molar-refractivity contribution in [3.05, 3.63) is 0 Å². The maximum Gasteiger partial charge on any atom is 0.226 e. The fourth-order valence-electron chi connectivity index (χ4n) is 1.06. The lowest BCUT2D eigenvalue weighted by atomic mass is 10.1. The summed E-state index contributed by atoms with van der Waals surface area (Å²) in [5.74, 6) is -0.545. The molecule has 2 unspecified atom stereocenters. The molecule has 1 fully saturated rings. The van der Waals surface area contributed by atoms with E-state index >= 15 is 0 Å². The molecule has 10 heavy (non-hydrogen) atoms. The number of amides is 1. The van der Waals surface area contributed by atoms with Crippen LogP contribution >= 0.6 is 11.8 Å². The Labute approximate surface area is 63.6 Å². The minimum atomic E-state index is -0.530. The summed E-state index contributed by atoms with van der Waals surface area (Å²) in [5, 5.41) is 2.76. The van der Waals surface area contributed by atoms with Crippen molar-refractivity contribution in [2.45, 2.75) is 5.25 Å². The average Bonchev–Trinajstić information content (AvgIpc) is 2.30. The van der Waals surface area contributed by atoms with Crippen LogP contribution in [0.4, 0.5) is 4.39 Å². The van der Waals surface area contributed by atoms with Gasteiger partial charge in [0, 0.05) is 11.8 Å². The molecule has 1 N–H and O–H groups in total. The number of halogens is 1. The number of hydrogen-bond donors (Lipinski definition) is 1. The van der Waals surface area contributed by atoms with Gasteiger partial charge in [-0.3, -0.25) is 9.18 Å². The lowest BCUT2D eigenvalue weighted by Crippen LogP contribution is -2.21. The van der Waals surface area contributed by atoms with Gasteiger partial charge in [0.05, 0.1) is 5.92 Å². The lowest BCUT2D eigenvalue weighted by molar-refractivity contribution is -0.122. The van der Waals surface area contributed by atoms with Gasteiger partial charge in [-0.15, -0.1) is 0 Å². The van der Waals surface area contributed by atoms with Crippen LogP contribution in [-0.4, -0.2) is 30.6 Å². The molecule has 0 aromatic rings. The molecule has 2 nitrogen and oxygen atoms in total. The van der Waals surface area contributed by atoms with Crippen LogP contribution in [0, 0.1) is 5.92 Å². The number of alkyl halides is 1. The van der Waals surface area contributed by atoms with Crippen molar-refractivity contribution in [2.24, 2.45) is 5.92 Å². The van der Waals surface area contributed by atoms with E-state index in [0.717, 1.165) is 0 Å². The molecule has 0 radical (unpaired) electrons. The van der Waals surface area contributed by atoms with Gasteiger partial charge in [-0.2, -0.15) is 11.8 Å². The number of hydrogen-bond acceptors (Lipinski definition) is 2. The van der Waals surface area contributed by atoms with Crippen LogP contribution in [0.3, 0.4) is 0 Å². The predicted molar refractivity (Wildman–Crippen MR) is 39.8 cm³/mol. The van der Waals surface area contributed by atoms with E-state index in [9.17, 15) is 9.18 Å². The molecule has 0 saturated carbocycles. The number of rotatable bonds is 2. The molecule has 4 heteroatoms. The zero-order valence-electron chi connectivity index (χ0n) is 5.76. The van der Waals surface area contributed by atoms with Gasteiger partial charge in [0.1, 0.15) is 6.67 Å². The van der Waals surface area contributed by atoms with E-state index in [1.165, 1.54) is 0 Å². The maximum atomic E-state index is 12.1. The maximum absolute atomic E-state index is 12.1. The van der Waals surface area contributed by atoms with Gasteiger partial charge < -0.3 is 5.32 Å². The SMILES string of the molecule is CSC1CNC(=O)C1CF. The fraction of sp³-hybridized carbons (Fsp3) is 0.833. The van der Waals surface area contributed by atoms with Gasteiger partial charge >= 0.3 is 0 Å². The summed E-state index contributed by atoms with van der Waals surface area (Å²) in [4.78, 5) is 10.8. The molecule has 1 rings (SSSR count). The van der Waals surface area contributed by atoms with E-state index in [2.05, 4.69) is 5.32 Å². The Kier molecular flexibility index (Phi) is 2.54. The largest absolute Gasteiger partial charge is 0.355 e. The Morgan fingerprint density at radius 3 is 3.00 bits per heavy atom. The molecule has 58 valence electrons. The van der Waals surface area contributed by atoms with Crippen molar-refractivity contribution in [2.75, 3.05) is 19.5 Å². The number of thioether (sulfide) groups is 1. The molecule has 1 heterocycles. The van der Waals surface area contributed by atoms with E-state index in [-0.39, 0.29) is 11.2 Å². The minimum absolute atomic E-state index is 0.137. The highest BCUT2D eigenvalue weighted by molar-refractivity contribution is 7.99. The summed E-state index contributed by atoms with van der Waals surface area (Å²) in [6.07, 6.45) is 1.90. The molecule has 0 spiro atoms. The van der Waals surface area contributed by atoms with Gasteiger partial charge in [-0.05, 0) is 6.26 Å². The fourth-order valence-corrected chi connectivity index (χ4v) is 1.84. The van der Waals surface area contributed by atoms with Crippen LogP contribution in [0.25, 0.3) is 0 Å². The van der Waals surface area contributed by atoms with Gasteiger partial charge in [-0.1, -0.05) is 0 Å². The summed E-state index contributed by atoms with van der Waals surface area (Å²) in [6.45, 7) is 0.0892.